The first kappa shape index (κ1) is 12.5. The molecule has 0 saturated carbocycles. The number of ether oxygens (including phenoxy) is 1. The van der Waals surface area contributed by atoms with E-state index in [2.05, 4.69) is 4.98 Å². The van der Waals surface area contributed by atoms with Crippen molar-refractivity contribution >= 4 is 23.2 Å². The van der Waals surface area contributed by atoms with E-state index in [1.807, 2.05) is 13.8 Å². The lowest BCUT2D eigenvalue weighted by atomic mass is 10.5. The molecule has 0 atom stereocenters. The molecule has 0 spiro atoms. The molecule has 0 aliphatic heterocycles. The van der Waals surface area contributed by atoms with E-state index in [-0.39, 0.29) is 21.8 Å². The van der Waals surface area contributed by atoms with Gasteiger partial charge >= 0.3 is 0 Å². The lowest BCUT2D eigenvalue weighted by Crippen LogP contribution is -2.24. The molecule has 1 aromatic heterocycles. The van der Waals surface area contributed by atoms with E-state index in [9.17, 15) is 4.79 Å². The van der Waals surface area contributed by atoms with E-state index in [0.717, 1.165) is 0 Å². The van der Waals surface area contributed by atoms with Crippen LogP contribution in [0.1, 0.15) is 13.8 Å². The third-order valence-corrected chi connectivity index (χ3v) is 2.45. The second kappa shape index (κ2) is 5.49. The van der Waals surface area contributed by atoms with Crippen LogP contribution in [0, 0.1) is 0 Å². The van der Waals surface area contributed by atoms with E-state index in [1.165, 1.54) is 10.9 Å². The molecular weight excluding hydrogens is 239 g/mol. The molecule has 0 aliphatic carbocycles. The van der Waals surface area contributed by atoms with Gasteiger partial charge < -0.3 is 4.74 Å². The zero-order chi connectivity index (χ0) is 11.4. The van der Waals surface area contributed by atoms with Crippen LogP contribution >= 0.6 is 23.2 Å². The maximum absolute atomic E-state index is 11.5. The van der Waals surface area contributed by atoms with Gasteiger partial charge in [-0.25, -0.2) is 4.98 Å². The van der Waals surface area contributed by atoms with Crippen LogP contribution in [0.3, 0.4) is 0 Å². The molecule has 0 amide bonds. The summed E-state index contributed by atoms with van der Waals surface area (Å²) < 4.78 is 6.68. The van der Waals surface area contributed by atoms with Crippen molar-refractivity contribution in [3.8, 4) is 0 Å². The summed E-state index contributed by atoms with van der Waals surface area (Å²) in [5.74, 6) is 0. The van der Waals surface area contributed by atoms with Crippen molar-refractivity contribution < 1.29 is 4.74 Å². The minimum absolute atomic E-state index is 0.0303. The molecule has 0 aliphatic rings. The third kappa shape index (κ3) is 3.48. The summed E-state index contributed by atoms with van der Waals surface area (Å²) in [4.78, 5) is 15.3. The standard InChI is InChI=1S/C9H12Cl2N2O2/c1-6(2)15-4-3-13-5-12-8(11)7(10)9(13)14/h5-6H,3-4H2,1-2H3. The minimum atomic E-state index is -0.343. The molecule has 0 bridgehead atoms. The van der Waals surface area contributed by atoms with Crippen LogP contribution in [-0.2, 0) is 11.3 Å². The SMILES string of the molecule is CC(C)OCCn1cnc(Cl)c(Cl)c1=O. The van der Waals surface area contributed by atoms with Crippen LogP contribution in [-0.4, -0.2) is 22.3 Å². The van der Waals surface area contributed by atoms with Gasteiger partial charge in [0.15, 0.2) is 5.15 Å². The van der Waals surface area contributed by atoms with Crippen LogP contribution in [0.25, 0.3) is 0 Å². The highest BCUT2D eigenvalue weighted by atomic mass is 35.5. The number of hydrogen-bond acceptors (Lipinski definition) is 3. The number of rotatable bonds is 4. The van der Waals surface area contributed by atoms with Crippen molar-refractivity contribution in [1.82, 2.24) is 9.55 Å². The second-order valence-corrected chi connectivity index (χ2v) is 4.00. The molecular formula is C9H12Cl2N2O2. The second-order valence-electron chi connectivity index (χ2n) is 3.27. The van der Waals surface area contributed by atoms with E-state index < -0.39 is 0 Å². The van der Waals surface area contributed by atoms with Crippen molar-refractivity contribution in [3.63, 3.8) is 0 Å². The van der Waals surface area contributed by atoms with E-state index in [1.54, 1.807) is 0 Å². The largest absolute Gasteiger partial charge is 0.377 e. The average molecular weight is 251 g/mol. The molecule has 1 heterocycles. The van der Waals surface area contributed by atoms with Gasteiger partial charge in [0.2, 0.25) is 0 Å². The summed E-state index contributed by atoms with van der Waals surface area (Å²) in [6.07, 6.45) is 1.50. The molecule has 4 nitrogen and oxygen atoms in total. The quantitative estimate of drug-likeness (QED) is 0.768. The Bertz CT molecular complexity index is 390. The summed E-state index contributed by atoms with van der Waals surface area (Å²) in [5, 5.41) is -0.0218. The molecule has 0 aromatic carbocycles. The Morgan fingerprint density at radius 3 is 2.80 bits per heavy atom. The molecule has 0 unspecified atom stereocenters. The fourth-order valence-corrected chi connectivity index (χ4v) is 1.27. The molecule has 15 heavy (non-hydrogen) atoms. The van der Waals surface area contributed by atoms with Crippen LogP contribution < -0.4 is 5.56 Å². The first-order chi connectivity index (χ1) is 7.02. The normalized spacial score (nSPS) is 11.0. The minimum Gasteiger partial charge on any atom is -0.377 e. The topological polar surface area (TPSA) is 44.1 Å². The Morgan fingerprint density at radius 1 is 1.53 bits per heavy atom. The van der Waals surface area contributed by atoms with E-state index in [4.69, 9.17) is 27.9 Å². The van der Waals surface area contributed by atoms with Gasteiger partial charge in [-0.2, -0.15) is 0 Å². The molecule has 1 aromatic rings. The van der Waals surface area contributed by atoms with Crippen molar-refractivity contribution in [1.29, 1.82) is 0 Å². The fraction of sp³-hybridized carbons (Fsp3) is 0.556. The van der Waals surface area contributed by atoms with Gasteiger partial charge in [0.1, 0.15) is 5.02 Å². The van der Waals surface area contributed by atoms with Crippen molar-refractivity contribution in [2.24, 2.45) is 0 Å². The Morgan fingerprint density at radius 2 is 2.20 bits per heavy atom. The summed E-state index contributed by atoms with van der Waals surface area (Å²) in [7, 11) is 0. The lowest BCUT2D eigenvalue weighted by molar-refractivity contribution is 0.0721. The Hall–Kier alpha value is -0.580. The van der Waals surface area contributed by atoms with Crippen LogP contribution in [0.15, 0.2) is 11.1 Å². The highest BCUT2D eigenvalue weighted by molar-refractivity contribution is 6.40. The number of aromatic nitrogens is 2. The van der Waals surface area contributed by atoms with Crippen LogP contribution in [0.2, 0.25) is 10.2 Å². The van der Waals surface area contributed by atoms with E-state index >= 15 is 0 Å². The Labute approximate surface area is 97.8 Å². The average Bonchev–Trinajstić information content (AvgIpc) is 2.18. The predicted molar refractivity (Wildman–Crippen MR) is 59.6 cm³/mol. The molecule has 1 rings (SSSR count). The molecule has 0 saturated heterocycles. The fourth-order valence-electron chi connectivity index (χ4n) is 0.990. The molecule has 6 heteroatoms. The zero-order valence-electron chi connectivity index (χ0n) is 8.54. The number of halogens is 2. The lowest BCUT2D eigenvalue weighted by Gasteiger charge is -2.09. The monoisotopic (exact) mass is 250 g/mol. The van der Waals surface area contributed by atoms with Crippen molar-refractivity contribution in [2.45, 2.75) is 26.5 Å². The molecule has 84 valence electrons. The maximum atomic E-state index is 11.5. The molecule has 0 fully saturated rings. The van der Waals surface area contributed by atoms with Gasteiger partial charge in [0.25, 0.3) is 5.56 Å². The van der Waals surface area contributed by atoms with Gasteiger partial charge in [0, 0.05) is 0 Å². The smallest absolute Gasteiger partial charge is 0.273 e. The van der Waals surface area contributed by atoms with Gasteiger partial charge in [-0.05, 0) is 13.8 Å². The van der Waals surface area contributed by atoms with E-state index in [0.29, 0.717) is 13.2 Å². The number of hydrogen-bond donors (Lipinski definition) is 0. The maximum Gasteiger partial charge on any atom is 0.273 e. The van der Waals surface area contributed by atoms with Gasteiger partial charge in [0.05, 0.1) is 25.6 Å². The summed E-state index contributed by atoms with van der Waals surface area (Å²) in [6.45, 7) is 4.71. The molecule has 0 radical (unpaired) electrons. The summed E-state index contributed by atoms with van der Waals surface area (Å²) >= 11 is 11.2. The molecule has 0 N–H and O–H groups in total. The Balaban J connectivity index is 2.71. The third-order valence-electron chi connectivity index (χ3n) is 1.72. The summed E-state index contributed by atoms with van der Waals surface area (Å²) in [5.41, 5.74) is -0.343. The first-order valence-electron chi connectivity index (χ1n) is 4.54. The number of nitrogens with zero attached hydrogens (tertiary/aromatic N) is 2. The van der Waals surface area contributed by atoms with Crippen LogP contribution in [0.4, 0.5) is 0 Å². The van der Waals surface area contributed by atoms with Gasteiger partial charge in [-0.1, -0.05) is 23.2 Å². The van der Waals surface area contributed by atoms with Crippen LogP contribution in [0.5, 0.6) is 0 Å². The first-order valence-corrected chi connectivity index (χ1v) is 5.30. The predicted octanol–water partition coefficient (Wildman–Crippen LogP) is 1.98. The zero-order valence-corrected chi connectivity index (χ0v) is 10.0. The highest BCUT2D eigenvalue weighted by Gasteiger charge is 2.06. The Kier molecular flexibility index (Phi) is 4.57. The van der Waals surface area contributed by atoms with Crippen molar-refractivity contribution in [2.75, 3.05) is 6.61 Å². The van der Waals surface area contributed by atoms with Crippen molar-refractivity contribution in [3.05, 3.63) is 26.9 Å². The summed E-state index contributed by atoms with van der Waals surface area (Å²) in [6, 6.07) is 0. The van der Waals surface area contributed by atoms with Gasteiger partial charge in [-0.15, -0.1) is 0 Å². The van der Waals surface area contributed by atoms with Gasteiger partial charge in [-0.3, -0.25) is 9.36 Å². The highest BCUT2D eigenvalue weighted by Crippen LogP contribution is 2.12.